The molecule has 6 heteroatoms. The van der Waals surface area contributed by atoms with Gasteiger partial charge in [0.25, 0.3) is 0 Å². The van der Waals surface area contributed by atoms with Crippen LogP contribution in [-0.4, -0.2) is 44.3 Å². The average molecular weight is 357 g/mol. The Morgan fingerprint density at radius 1 is 1.23 bits per heavy atom. The van der Waals surface area contributed by atoms with E-state index in [4.69, 9.17) is 9.47 Å². The van der Waals surface area contributed by atoms with Crippen molar-refractivity contribution < 1.29 is 23.8 Å². The van der Waals surface area contributed by atoms with Gasteiger partial charge in [-0.3, -0.25) is 4.79 Å². The number of benzene rings is 2. The minimum absolute atomic E-state index is 0.0111. The minimum atomic E-state index is -0.423. The number of nitrogens with zero attached hydrogens (tertiary/aromatic N) is 1. The number of phenolic OH excluding ortho intramolecular Hbond substituents is 1. The molecule has 136 valence electrons. The standard InChI is InChI=1S/C20H20FNO4/c1-25-20-7-3-14(12-19(20)24)2-6-18(23)15-4-5-17(16(21)13-15)22-8-10-26-11-9-22/h2-7,12-13,24H,8-11H2,1H3. The van der Waals surface area contributed by atoms with E-state index < -0.39 is 5.82 Å². The molecule has 0 spiro atoms. The van der Waals surface area contributed by atoms with Crippen LogP contribution in [0.4, 0.5) is 10.1 Å². The van der Waals surface area contributed by atoms with Crippen LogP contribution in [0.2, 0.25) is 0 Å². The van der Waals surface area contributed by atoms with Crippen LogP contribution in [0.25, 0.3) is 6.08 Å². The summed E-state index contributed by atoms with van der Waals surface area (Å²) in [7, 11) is 1.46. The Bertz CT molecular complexity index is 829. The molecule has 0 radical (unpaired) electrons. The summed E-state index contributed by atoms with van der Waals surface area (Å²) in [5.74, 6) is -0.391. The number of hydrogen-bond donors (Lipinski definition) is 1. The minimum Gasteiger partial charge on any atom is -0.504 e. The predicted octanol–water partition coefficient (Wildman–Crippen LogP) is 3.27. The number of carbonyl (C=O) groups is 1. The number of halogens is 1. The van der Waals surface area contributed by atoms with Crippen LogP contribution >= 0.6 is 0 Å². The van der Waals surface area contributed by atoms with E-state index in [9.17, 15) is 14.3 Å². The zero-order valence-electron chi connectivity index (χ0n) is 14.4. The summed E-state index contributed by atoms with van der Waals surface area (Å²) in [6, 6.07) is 9.31. The lowest BCUT2D eigenvalue weighted by molar-refractivity contribution is 0.104. The second kappa shape index (κ2) is 8.01. The van der Waals surface area contributed by atoms with Crippen molar-refractivity contribution in [3.8, 4) is 11.5 Å². The number of methoxy groups -OCH3 is 1. The Morgan fingerprint density at radius 2 is 2.00 bits per heavy atom. The maximum Gasteiger partial charge on any atom is 0.185 e. The highest BCUT2D eigenvalue weighted by molar-refractivity contribution is 6.07. The van der Waals surface area contributed by atoms with Crippen LogP contribution in [0, 0.1) is 5.82 Å². The molecule has 1 fully saturated rings. The van der Waals surface area contributed by atoms with E-state index in [1.807, 2.05) is 4.90 Å². The van der Waals surface area contributed by atoms with Crippen LogP contribution < -0.4 is 9.64 Å². The summed E-state index contributed by atoms with van der Waals surface area (Å²) < 4.78 is 24.6. The summed E-state index contributed by atoms with van der Waals surface area (Å²) in [5.41, 5.74) is 1.39. The number of ether oxygens (including phenoxy) is 2. The molecule has 26 heavy (non-hydrogen) atoms. The number of hydrogen-bond acceptors (Lipinski definition) is 5. The predicted molar refractivity (Wildman–Crippen MR) is 97.5 cm³/mol. The molecule has 0 amide bonds. The van der Waals surface area contributed by atoms with Gasteiger partial charge in [-0.2, -0.15) is 0 Å². The Hall–Kier alpha value is -2.86. The second-order valence-corrected chi connectivity index (χ2v) is 5.89. The van der Waals surface area contributed by atoms with Crippen molar-refractivity contribution in [1.29, 1.82) is 0 Å². The molecule has 1 saturated heterocycles. The summed E-state index contributed by atoms with van der Waals surface area (Å²) in [6.45, 7) is 2.39. The quantitative estimate of drug-likeness (QED) is 0.657. The fraction of sp³-hybridized carbons (Fsp3) is 0.250. The van der Waals surface area contributed by atoms with Crippen LogP contribution in [0.15, 0.2) is 42.5 Å². The molecule has 3 rings (SSSR count). The summed E-state index contributed by atoms with van der Waals surface area (Å²) in [6.07, 6.45) is 2.92. The van der Waals surface area contributed by atoms with E-state index >= 15 is 0 Å². The number of rotatable bonds is 5. The molecule has 2 aromatic carbocycles. The third-order valence-electron chi connectivity index (χ3n) is 4.21. The first kappa shape index (κ1) is 17.9. The van der Waals surface area contributed by atoms with Crippen molar-refractivity contribution >= 4 is 17.5 Å². The molecule has 1 heterocycles. The van der Waals surface area contributed by atoms with Gasteiger partial charge in [-0.1, -0.05) is 12.1 Å². The van der Waals surface area contributed by atoms with Gasteiger partial charge in [0.2, 0.25) is 0 Å². The number of anilines is 1. The fourth-order valence-corrected chi connectivity index (χ4v) is 2.80. The largest absolute Gasteiger partial charge is 0.504 e. The second-order valence-electron chi connectivity index (χ2n) is 5.89. The Labute approximate surface area is 151 Å². The summed E-state index contributed by atoms with van der Waals surface area (Å²) in [5, 5.41) is 9.76. The topological polar surface area (TPSA) is 59.0 Å². The molecule has 0 unspecified atom stereocenters. The fourth-order valence-electron chi connectivity index (χ4n) is 2.80. The SMILES string of the molecule is COc1ccc(C=CC(=O)c2ccc(N3CCOCC3)c(F)c2)cc1O. The zero-order chi connectivity index (χ0) is 18.5. The molecule has 0 atom stereocenters. The van der Waals surface area contributed by atoms with Gasteiger partial charge in [-0.25, -0.2) is 4.39 Å². The first-order valence-corrected chi connectivity index (χ1v) is 8.30. The molecule has 1 N–H and O–H groups in total. The molecule has 2 aromatic rings. The van der Waals surface area contributed by atoms with Crippen molar-refractivity contribution in [1.82, 2.24) is 0 Å². The first-order valence-electron chi connectivity index (χ1n) is 8.30. The molecular weight excluding hydrogens is 337 g/mol. The van der Waals surface area contributed by atoms with Gasteiger partial charge >= 0.3 is 0 Å². The van der Waals surface area contributed by atoms with Gasteiger partial charge in [0.05, 0.1) is 26.0 Å². The lowest BCUT2D eigenvalue weighted by Gasteiger charge is -2.29. The van der Waals surface area contributed by atoms with E-state index in [1.54, 1.807) is 30.3 Å². The van der Waals surface area contributed by atoms with E-state index in [0.29, 0.717) is 43.3 Å². The third kappa shape index (κ3) is 4.03. The van der Waals surface area contributed by atoms with Crippen LogP contribution in [0.1, 0.15) is 15.9 Å². The van der Waals surface area contributed by atoms with Gasteiger partial charge in [0.15, 0.2) is 17.3 Å². The molecule has 0 aromatic heterocycles. The highest BCUT2D eigenvalue weighted by Crippen LogP contribution is 2.27. The van der Waals surface area contributed by atoms with Crippen LogP contribution in [-0.2, 0) is 4.74 Å². The van der Waals surface area contributed by atoms with Gasteiger partial charge in [-0.05, 0) is 42.0 Å². The molecule has 1 aliphatic heterocycles. The van der Waals surface area contributed by atoms with Gasteiger partial charge < -0.3 is 19.5 Å². The van der Waals surface area contributed by atoms with E-state index in [1.165, 1.54) is 25.3 Å². The van der Waals surface area contributed by atoms with Crippen LogP contribution in [0.5, 0.6) is 11.5 Å². The van der Waals surface area contributed by atoms with Crippen molar-refractivity contribution in [2.75, 3.05) is 38.3 Å². The van der Waals surface area contributed by atoms with Gasteiger partial charge in [0, 0.05) is 18.7 Å². The lowest BCUT2D eigenvalue weighted by atomic mass is 10.1. The zero-order valence-corrected chi connectivity index (χ0v) is 14.4. The maximum absolute atomic E-state index is 14.4. The van der Waals surface area contributed by atoms with Gasteiger partial charge in [-0.15, -0.1) is 0 Å². The highest BCUT2D eigenvalue weighted by Gasteiger charge is 2.16. The summed E-state index contributed by atoms with van der Waals surface area (Å²) >= 11 is 0. The monoisotopic (exact) mass is 357 g/mol. The van der Waals surface area contributed by atoms with E-state index in [-0.39, 0.29) is 17.1 Å². The molecule has 1 aliphatic rings. The molecular formula is C20H20FNO4. The average Bonchev–Trinajstić information content (AvgIpc) is 2.66. The smallest absolute Gasteiger partial charge is 0.185 e. The Balaban J connectivity index is 1.73. The van der Waals surface area contributed by atoms with Crippen molar-refractivity contribution in [2.24, 2.45) is 0 Å². The van der Waals surface area contributed by atoms with Crippen molar-refractivity contribution in [3.05, 3.63) is 59.4 Å². The Kier molecular flexibility index (Phi) is 5.53. The van der Waals surface area contributed by atoms with Crippen LogP contribution in [0.3, 0.4) is 0 Å². The number of morpholine rings is 1. The number of phenols is 1. The van der Waals surface area contributed by atoms with Crippen molar-refractivity contribution in [3.63, 3.8) is 0 Å². The maximum atomic E-state index is 14.4. The number of allylic oxidation sites excluding steroid dienone is 1. The van der Waals surface area contributed by atoms with E-state index in [2.05, 4.69) is 0 Å². The molecule has 0 saturated carbocycles. The molecule has 0 bridgehead atoms. The number of carbonyl (C=O) groups excluding carboxylic acids is 1. The number of aromatic hydroxyl groups is 1. The Morgan fingerprint density at radius 3 is 2.65 bits per heavy atom. The number of ketones is 1. The highest BCUT2D eigenvalue weighted by atomic mass is 19.1. The molecule has 0 aliphatic carbocycles. The first-order chi connectivity index (χ1) is 12.6. The van der Waals surface area contributed by atoms with E-state index in [0.717, 1.165) is 0 Å². The lowest BCUT2D eigenvalue weighted by Crippen LogP contribution is -2.36. The normalized spacial score (nSPS) is 14.6. The van der Waals surface area contributed by atoms with Gasteiger partial charge in [0.1, 0.15) is 5.82 Å². The third-order valence-corrected chi connectivity index (χ3v) is 4.21. The van der Waals surface area contributed by atoms with Crippen molar-refractivity contribution in [2.45, 2.75) is 0 Å². The molecule has 5 nitrogen and oxygen atoms in total. The summed E-state index contributed by atoms with van der Waals surface area (Å²) in [4.78, 5) is 14.2.